The first-order valence-corrected chi connectivity index (χ1v) is 6.99. The lowest BCUT2D eigenvalue weighted by atomic mass is 10.1. The van der Waals surface area contributed by atoms with Crippen LogP contribution in [0.2, 0.25) is 5.02 Å². The molecule has 0 bridgehead atoms. The Balaban J connectivity index is 1.87. The molecule has 0 saturated carbocycles. The molecule has 0 aliphatic rings. The van der Waals surface area contributed by atoms with Gasteiger partial charge in [0.1, 0.15) is 0 Å². The van der Waals surface area contributed by atoms with E-state index in [2.05, 4.69) is 9.71 Å². The molecule has 0 radical (unpaired) electrons. The van der Waals surface area contributed by atoms with Crippen LogP contribution in [0.15, 0.2) is 47.6 Å². The van der Waals surface area contributed by atoms with Crippen LogP contribution in [0, 0.1) is 12.3 Å². The molecule has 0 amide bonds. The third-order valence-corrected chi connectivity index (χ3v) is 3.44. The van der Waals surface area contributed by atoms with Crippen molar-refractivity contribution in [2.45, 2.75) is 11.8 Å². The summed E-state index contributed by atoms with van der Waals surface area (Å²) >= 11 is 7.38. The van der Waals surface area contributed by atoms with Crippen LogP contribution in [-0.2, 0) is 0 Å². The van der Waals surface area contributed by atoms with E-state index in [9.17, 15) is 0 Å². The molecule has 2 aromatic rings. The van der Waals surface area contributed by atoms with Crippen molar-refractivity contribution in [3.05, 3.63) is 58.9 Å². The topological polar surface area (TPSA) is 48.8 Å². The summed E-state index contributed by atoms with van der Waals surface area (Å²) in [6, 6.07) is 9.38. The second kappa shape index (κ2) is 6.70. The Morgan fingerprint density at radius 2 is 2.21 bits per heavy atom. The zero-order valence-electron chi connectivity index (χ0n) is 10.5. The third kappa shape index (κ3) is 4.35. The largest absolute Gasteiger partial charge is 0.303 e. The smallest absolute Gasteiger partial charge is 0.0534 e. The van der Waals surface area contributed by atoms with E-state index in [0.717, 1.165) is 16.0 Å². The van der Waals surface area contributed by atoms with Crippen molar-refractivity contribution in [1.82, 2.24) is 9.71 Å². The second-order valence-electron chi connectivity index (χ2n) is 4.11. The molecular weight excluding hydrogens is 278 g/mol. The lowest BCUT2D eigenvalue weighted by Crippen LogP contribution is -2.16. The number of rotatable bonds is 5. The van der Waals surface area contributed by atoms with Crippen LogP contribution in [0.5, 0.6) is 0 Å². The minimum Gasteiger partial charge on any atom is -0.303 e. The standard InChI is InChI=1S/C14H14ClN3S/c1-10-5-13(8-17-7-10)19-18-9-14(16)11-3-2-4-12(15)6-11/h2-8,16,18H,9H2,1H3. The van der Waals surface area contributed by atoms with Gasteiger partial charge in [-0.3, -0.25) is 9.71 Å². The van der Waals surface area contributed by atoms with E-state index in [1.165, 1.54) is 11.9 Å². The Bertz CT molecular complexity index is 586. The summed E-state index contributed by atoms with van der Waals surface area (Å²) in [6.07, 6.45) is 3.62. The Labute approximate surface area is 122 Å². The molecule has 1 aromatic heterocycles. The maximum atomic E-state index is 7.98. The maximum Gasteiger partial charge on any atom is 0.0534 e. The maximum absolute atomic E-state index is 7.98. The molecule has 2 N–H and O–H groups in total. The number of aromatic nitrogens is 1. The summed E-state index contributed by atoms with van der Waals surface area (Å²) in [7, 11) is 0. The van der Waals surface area contributed by atoms with Crippen molar-refractivity contribution >= 4 is 29.3 Å². The number of nitrogens with zero attached hydrogens (tertiary/aromatic N) is 1. The van der Waals surface area contributed by atoms with Gasteiger partial charge in [-0.25, -0.2) is 0 Å². The van der Waals surface area contributed by atoms with Gasteiger partial charge in [-0.1, -0.05) is 23.7 Å². The summed E-state index contributed by atoms with van der Waals surface area (Å²) in [5.41, 5.74) is 2.47. The zero-order chi connectivity index (χ0) is 13.7. The molecule has 0 atom stereocenters. The minimum atomic E-state index is 0.471. The summed E-state index contributed by atoms with van der Waals surface area (Å²) < 4.78 is 3.16. The number of aryl methyl sites for hydroxylation is 1. The Morgan fingerprint density at radius 3 is 2.95 bits per heavy atom. The molecule has 5 heteroatoms. The molecule has 0 aliphatic carbocycles. The van der Waals surface area contributed by atoms with E-state index in [0.29, 0.717) is 17.3 Å². The van der Waals surface area contributed by atoms with E-state index in [4.69, 9.17) is 17.0 Å². The highest BCUT2D eigenvalue weighted by molar-refractivity contribution is 7.97. The van der Waals surface area contributed by atoms with Crippen LogP contribution in [-0.4, -0.2) is 17.2 Å². The number of pyridine rings is 1. The lowest BCUT2D eigenvalue weighted by Gasteiger charge is -2.06. The fraction of sp³-hybridized carbons (Fsp3) is 0.143. The molecule has 0 spiro atoms. The number of benzene rings is 1. The van der Waals surface area contributed by atoms with Gasteiger partial charge in [0.15, 0.2) is 0 Å². The normalized spacial score (nSPS) is 10.4. The summed E-state index contributed by atoms with van der Waals surface area (Å²) in [6.45, 7) is 2.48. The van der Waals surface area contributed by atoms with Gasteiger partial charge in [-0.2, -0.15) is 0 Å². The quantitative estimate of drug-likeness (QED) is 0.652. The van der Waals surface area contributed by atoms with Crippen LogP contribution in [0.25, 0.3) is 0 Å². The van der Waals surface area contributed by atoms with Crippen LogP contribution >= 0.6 is 23.5 Å². The molecule has 0 fully saturated rings. The summed E-state index contributed by atoms with van der Waals surface area (Å²) in [4.78, 5) is 5.16. The zero-order valence-corrected chi connectivity index (χ0v) is 12.1. The van der Waals surface area contributed by atoms with E-state index < -0.39 is 0 Å². The fourth-order valence-electron chi connectivity index (χ4n) is 1.55. The predicted octanol–water partition coefficient (Wildman–Crippen LogP) is 3.71. The van der Waals surface area contributed by atoms with Crippen LogP contribution in [0.4, 0.5) is 0 Å². The molecule has 0 aliphatic heterocycles. The van der Waals surface area contributed by atoms with E-state index in [1.54, 1.807) is 18.3 Å². The molecule has 1 heterocycles. The Morgan fingerprint density at radius 1 is 1.37 bits per heavy atom. The average molecular weight is 292 g/mol. The highest BCUT2D eigenvalue weighted by Gasteiger charge is 2.02. The summed E-state index contributed by atoms with van der Waals surface area (Å²) in [5.74, 6) is 0. The van der Waals surface area contributed by atoms with Crippen molar-refractivity contribution in [1.29, 1.82) is 5.41 Å². The van der Waals surface area contributed by atoms with Crippen molar-refractivity contribution in [3.63, 3.8) is 0 Å². The Hall–Kier alpha value is -1.36. The van der Waals surface area contributed by atoms with E-state index >= 15 is 0 Å². The minimum absolute atomic E-state index is 0.471. The molecule has 3 nitrogen and oxygen atoms in total. The predicted molar refractivity (Wildman–Crippen MR) is 81.1 cm³/mol. The van der Waals surface area contributed by atoms with Crippen LogP contribution in [0.1, 0.15) is 11.1 Å². The van der Waals surface area contributed by atoms with Gasteiger partial charge < -0.3 is 5.41 Å². The van der Waals surface area contributed by atoms with Gasteiger partial charge >= 0.3 is 0 Å². The fourth-order valence-corrected chi connectivity index (χ4v) is 2.48. The molecular formula is C14H14ClN3S. The first-order chi connectivity index (χ1) is 9.15. The van der Waals surface area contributed by atoms with Crippen LogP contribution < -0.4 is 4.72 Å². The average Bonchev–Trinajstić information content (AvgIpc) is 2.38. The van der Waals surface area contributed by atoms with Gasteiger partial charge in [-0.15, -0.1) is 0 Å². The highest BCUT2D eigenvalue weighted by atomic mass is 35.5. The first kappa shape index (κ1) is 14.1. The van der Waals surface area contributed by atoms with Gasteiger partial charge in [0.25, 0.3) is 0 Å². The molecule has 1 aromatic carbocycles. The van der Waals surface area contributed by atoms with Gasteiger partial charge in [0.05, 0.1) is 5.71 Å². The van der Waals surface area contributed by atoms with E-state index in [1.807, 2.05) is 31.3 Å². The lowest BCUT2D eigenvalue weighted by molar-refractivity contribution is 1.13. The number of halogens is 1. The van der Waals surface area contributed by atoms with E-state index in [-0.39, 0.29) is 0 Å². The molecule has 0 unspecified atom stereocenters. The van der Waals surface area contributed by atoms with Gasteiger partial charge in [0, 0.05) is 28.9 Å². The third-order valence-electron chi connectivity index (χ3n) is 2.46. The Kier molecular flexibility index (Phi) is 4.96. The van der Waals surface area contributed by atoms with Crippen LogP contribution in [0.3, 0.4) is 0 Å². The molecule has 98 valence electrons. The van der Waals surface area contributed by atoms with Crippen molar-refractivity contribution < 1.29 is 0 Å². The number of hydrogen-bond acceptors (Lipinski definition) is 4. The molecule has 2 rings (SSSR count). The number of nitrogens with one attached hydrogen (secondary N) is 2. The number of hydrogen-bond donors (Lipinski definition) is 2. The van der Waals surface area contributed by atoms with Gasteiger partial charge in [-0.05, 0) is 48.2 Å². The van der Waals surface area contributed by atoms with Crippen molar-refractivity contribution in [2.24, 2.45) is 0 Å². The second-order valence-corrected chi connectivity index (χ2v) is 5.51. The highest BCUT2D eigenvalue weighted by Crippen LogP contribution is 2.15. The monoisotopic (exact) mass is 291 g/mol. The molecule has 0 saturated heterocycles. The van der Waals surface area contributed by atoms with Crippen molar-refractivity contribution in [2.75, 3.05) is 6.54 Å². The van der Waals surface area contributed by atoms with Gasteiger partial charge in [0.2, 0.25) is 0 Å². The molecule has 19 heavy (non-hydrogen) atoms. The van der Waals surface area contributed by atoms with Crippen molar-refractivity contribution in [3.8, 4) is 0 Å². The first-order valence-electron chi connectivity index (χ1n) is 5.80. The summed E-state index contributed by atoms with van der Waals surface area (Å²) in [5, 5.41) is 8.64. The SMILES string of the molecule is Cc1cncc(SNCC(=N)c2cccc(Cl)c2)c1.